The minimum Gasteiger partial charge on any atom is -0.497 e. The van der Waals surface area contributed by atoms with E-state index in [0.29, 0.717) is 5.69 Å². The number of ether oxygens (including phenoxy) is 1. The van der Waals surface area contributed by atoms with Crippen molar-refractivity contribution in [2.45, 2.75) is 39.7 Å². The average Bonchev–Trinajstić information content (AvgIpc) is 3.43. The summed E-state index contributed by atoms with van der Waals surface area (Å²) in [6.45, 7) is 9.58. The Morgan fingerprint density at radius 1 is 1.19 bits per heavy atom. The van der Waals surface area contributed by atoms with E-state index in [1.807, 2.05) is 60.3 Å². The van der Waals surface area contributed by atoms with Gasteiger partial charge in [0.25, 0.3) is 5.91 Å². The summed E-state index contributed by atoms with van der Waals surface area (Å²) < 4.78 is 8.98. The van der Waals surface area contributed by atoms with Crippen LogP contribution in [-0.4, -0.2) is 57.9 Å². The van der Waals surface area contributed by atoms with E-state index in [2.05, 4.69) is 31.0 Å². The van der Waals surface area contributed by atoms with Crippen LogP contribution in [0.4, 0.5) is 0 Å². The third-order valence-corrected chi connectivity index (χ3v) is 5.85. The van der Waals surface area contributed by atoms with Gasteiger partial charge in [-0.05, 0) is 81.9 Å². The zero-order chi connectivity index (χ0) is 23.1. The molecule has 32 heavy (non-hydrogen) atoms. The normalized spacial score (nSPS) is 12.2. The lowest BCUT2D eigenvalue weighted by atomic mass is 10.1. The van der Waals surface area contributed by atoms with Crippen LogP contribution in [0.3, 0.4) is 0 Å². The van der Waals surface area contributed by atoms with E-state index in [0.717, 1.165) is 55.3 Å². The van der Waals surface area contributed by atoms with Crippen molar-refractivity contribution in [3.8, 4) is 22.8 Å². The van der Waals surface area contributed by atoms with Crippen LogP contribution in [0.5, 0.6) is 5.75 Å². The van der Waals surface area contributed by atoms with Gasteiger partial charge < -0.3 is 19.5 Å². The van der Waals surface area contributed by atoms with Gasteiger partial charge in [-0.2, -0.15) is 5.10 Å². The third-order valence-electron chi connectivity index (χ3n) is 5.85. The van der Waals surface area contributed by atoms with Crippen LogP contribution >= 0.6 is 0 Å². The van der Waals surface area contributed by atoms with Crippen LogP contribution in [0.2, 0.25) is 0 Å². The Balaban J connectivity index is 1.81. The maximum atomic E-state index is 13.2. The molecule has 0 bridgehead atoms. The number of carbonyl (C=O) groups excluding carboxylic acids is 1. The molecular weight excluding hydrogens is 402 g/mol. The van der Waals surface area contributed by atoms with Crippen molar-refractivity contribution in [2.75, 3.05) is 26.7 Å². The first-order valence-corrected chi connectivity index (χ1v) is 11.4. The predicted molar refractivity (Wildman–Crippen MR) is 128 cm³/mol. The number of rotatable bonds is 11. The van der Waals surface area contributed by atoms with Crippen LogP contribution in [-0.2, 0) is 7.05 Å². The molecule has 1 atom stereocenters. The zero-order valence-corrected chi connectivity index (χ0v) is 19.8. The molecule has 1 N–H and O–H groups in total. The molecular formula is C25H35N5O2. The number of nitrogens with zero attached hydrogens (tertiary/aromatic N) is 4. The molecule has 0 aliphatic rings. The van der Waals surface area contributed by atoms with Crippen molar-refractivity contribution in [1.82, 2.24) is 24.6 Å². The van der Waals surface area contributed by atoms with Gasteiger partial charge in [0.15, 0.2) is 0 Å². The van der Waals surface area contributed by atoms with E-state index in [1.54, 1.807) is 11.8 Å². The Kier molecular flexibility index (Phi) is 8.11. The van der Waals surface area contributed by atoms with E-state index in [1.165, 1.54) is 0 Å². The number of hydrogen-bond donors (Lipinski definition) is 1. The minimum absolute atomic E-state index is 0.0794. The first-order chi connectivity index (χ1) is 15.5. The molecule has 1 amide bonds. The lowest BCUT2D eigenvalue weighted by Gasteiger charge is -2.20. The summed E-state index contributed by atoms with van der Waals surface area (Å²) in [7, 11) is 3.61. The van der Waals surface area contributed by atoms with Crippen LogP contribution in [0.25, 0.3) is 17.1 Å². The van der Waals surface area contributed by atoms with Crippen LogP contribution in [0.15, 0.2) is 48.7 Å². The van der Waals surface area contributed by atoms with Crippen LogP contribution in [0, 0.1) is 0 Å². The monoisotopic (exact) mass is 437 g/mol. The second kappa shape index (κ2) is 11.0. The highest BCUT2D eigenvalue weighted by Crippen LogP contribution is 2.23. The smallest absolute Gasteiger partial charge is 0.270 e. The van der Waals surface area contributed by atoms with Gasteiger partial charge in [-0.25, -0.2) is 4.68 Å². The van der Waals surface area contributed by atoms with E-state index in [9.17, 15) is 4.79 Å². The molecule has 3 rings (SSSR count). The van der Waals surface area contributed by atoms with Crippen molar-refractivity contribution in [3.63, 3.8) is 0 Å². The van der Waals surface area contributed by atoms with Crippen LogP contribution in [0.1, 0.15) is 44.1 Å². The zero-order valence-electron chi connectivity index (χ0n) is 19.8. The highest BCUT2D eigenvalue weighted by atomic mass is 16.5. The molecule has 7 heteroatoms. The molecule has 0 fully saturated rings. The molecule has 0 saturated carbocycles. The number of aryl methyl sites for hydroxylation is 1. The van der Waals surface area contributed by atoms with E-state index >= 15 is 0 Å². The number of methoxy groups -OCH3 is 1. The molecule has 2 aromatic heterocycles. The second-order valence-electron chi connectivity index (χ2n) is 8.07. The summed E-state index contributed by atoms with van der Waals surface area (Å²) in [5, 5.41) is 7.92. The topological polar surface area (TPSA) is 64.3 Å². The Labute approximate surface area is 191 Å². The first kappa shape index (κ1) is 23.6. The summed E-state index contributed by atoms with van der Waals surface area (Å²) in [6, 6.07) is 13.5. The van der Waals surface area contributed by atoms with Crippen LogP contribution < -0.4 is 10.1 Å². The van der Waals surface area contributed by atoms with Crippen molar-refractivity contribution < 1.29 is 9.53 Å². The molecule has 7 nitrogen and oxygen atoms in total. The minimum atomic E-state index is -0.121. The molecule has 1 unspecified atom stereocenters. The number of aromatic nitrogens is 3. The quantitative estimate of drug-likeness (QED) is 0.490. The fraction of sp³-hybridized carbons (Fsp3) is 0.440. The number of amides is 1. The van der Waals surface area contributed by atoms with E-state index in [-0.39, 0.29) is 11.9 Å². The number of hydrogen-bond acceptors (Lipinski definition) is 4. The lowest BCUT2D eigenvalue weighted by Crippen LogP contribution is -2.34. The molecule has 172 valence electrons. The highest BCUT2D eigenvalue weighted by molar-refractivity contribution is 5.94. The molecule has 3 aromatic rings. The Hall–Kier alpha value is -3.06. The summed E-state index contributed by atoms with van der Waals surface area (Å²) in [5.74, 6) is 0.639. The Bertz CT molecular complexity index is 1000. The highest BCUT2D eigenvalue weighted by Gasteiger charge is 2.20. The lowest BCUT2D eigenvalue weighted by molar-refractivity contribution is 0.0929. The summed E-state index contributed by atoms with van der Waals surface area (Å²) in [6.07, 6.45) is 3.96. The number of nitrogens with one attached hydrogen (secondary N) is 1. The summed E-state index contributed by atoms with van der Waals surface area (Å²) in [5.41, 5.74) is 3.04. The molecule has 0 radical (unpaired) electrons. The van der Waals surface area contributed by atoms with Crippen molar-refractivity contribution >= 4 is 5.91 Å². The predicted octanol–water partition coefficient (Wildman–Crippen LogP) is 4.13. The Morgan fingerprint density at radius 2 is 1.91 bits per heavy atom. The molecule has 0 spiro atoms. The number of carbonyl (C=O) groups is 1. The van der Waals surface area contributed by atoms with Gasteiger partial charge in [0.2, 0.25) is 0 Å². The van der Waals surface area contributed by atoms with E-state index < -0.39 is 0 Å². The third kappa shape index (κ3) is 5.59. The maximum Gasteiger partial charge on any atom is 0.270 e. The molecule has 2 heterocycles. The van der Waals surface area contributed by atoms with Crippen molar-refractivity contribution in [1.29, 1.82) is 0 Å². The SMILES string of the molecule is CCN(CC)CCCC(C)NC(=O)c1cc(-c2cccn2C)nn1-c1ccc(OC)cc1. The largest absolute Gasteiger partial charge is 0.497 e. The molecule has 0 aliphatic heterocycles. The van der Waals surface area contributed by atoms with Gasteiger partial charge in [-0.3, -0.25) is 4.79 Å². The Morgan fingerprint density at radius 3 is 2.50 bits per heavy atom. The van der Waals surface area contributed by atoms with Crippen molar-refractivity contribution in [3.05, 3.63) is 54.4 Å². The molecule has 0 saturated heterocycles. The average molecular weight is 438 g/mol. The second-order valence-corrected chi connectivity index (χ2v) is 8.07. The summed E-state index contributed by atoms with van der Waals surface area (Å²) >= 11 is 0. The standard InChI is InChI=1S/C25H35N5O2/c1-6-29(7-2)17-8-10-19(3)26-25(31)24-18-22(23-11-9-16-28(23)4)27-30(24)20-12-14-21(32-5)15-13-20/h9,11-16,18-19H,6-8,10,17H2,1-5H3,(H,26,31). The van der Waals surface area contributed by atoms with Gasteiger partial charge in [0, 0.05) is 19.3 Å². The van der Waals surface area contributed by atoms with Gasteiger partial charge in [-0.15, -0.1) is 0 Å². The van der Waals surface area contributed by atoms with Gasteiger partial charge >= 0.3 is 0 Å². The fourth-order valence-electron chi connectivity index (χ4n) is 3.85. The van der Waals surface area contributed by atoms with Gasteiger partial charge in [0.05, 0.1) is 18.5 Å². The van der Waals surface area contributed by atoms with Gasteiger partial charge in [-0.1, -0.05) is 13.8 Å². The number of benzene rings is 1. The maximum absolute atomic E-state index is 13.2. The molecule has 1 aromatic carbocycles. The van der Waals surface area contributed by atoms with Crippen molar-refractivity contribution in [2.24, 2.45) is 7.05 Å². The fourth-order valence-corrected chi connectivity index (χ4v) is 3.85. The van der Waals surface area contributed by atoms with Gasteiger partial charge in [0.1, 0.15) is 17.1 Å². The summed E-state index contributed by atoms with van der Waals surface area (Å²) in [4.78, 5) is 15.6. The van der Waals surface area contributed by atoms with E-state index in [4.69, 9.17) is 9.84 Å². The first-order valence-electron chi connectivity index (χ1n) is 11.4. The molecule has 0 aliphatic carbocycles.